The summed E-state index contributed by atoms with van der Waals surface area (Å²) in [6, 6.07) is 21.4. The van der Waals surface area contributed by atoms with Gasteiger partial charge in [-0.05, 0) is 82.3 Å². The van der Waals surface area contributed by atoms with Gasteiger partial charge in [0.05, 0.1) is 0 Å². The highest BCUT2D eigenvalue weighted by Crippen LogP contribution is 2.56. The minimum atomic E-state index is -0.699. The molecule has 12 heteroatoms. The third-order valence-corrected chi connectivity index (χ3v) is 7.61. The molecular weight excluding hydrogens is 672 g/mol. The summed E-state index contributed by atoms with van der Waals surface area (Å²) in [6.07, 6.45) is 0.244. The lowest BCUT2D eigenvalue weighted by Crippen LogP contribution is -2.10. The quantitative estimate of drug-likeness (QED) is 0.130. The number of hydrogen-bond acceptors (Lipinski definition) is 12. The van der Waals surface area contributed by atoms with Gasteiger partial charge in [-0.3, -0.25) is 28.8 Å². The number of benzene rings is 4. The molecule has 0 saturated carbocycles. The van der Waals surface area contributed by atoms with Crippen molar-refractivity contribution >= 4 is 47.0 Å². The molecule has 0 radical (unpaired) electrons. The standard InChI is InChI=1S/C40H34O12/c1-21(41)47-30-11-7-27(8-12-30)15-35-36-19-34(51-25(5)45)20-37(52-26(6)46)40(36)39(28-9-13-31(14-10-28)48-22(2)42)38(35)29-16-32(49-23(3)43)18-33(17-29)50-24(4)44/h7-14,16-20,39H,15H2,1-6H3/t39-/m1/s1. The first-order valence-electron chi connectivity index (χ1n) is 16.0. The van der Waals surface area contributed by atoms with Crippen LogP contribution in [0.25, 0.3) is 11.1 Å². The number of fused-ring (bicyclic) bond motifs is 1. The Labute approximate surface area is 298 Å². The fourth-order valence-electron chi connectivity index (χ4n) is 6.06. The molecule has 52 heavy (non-hydrogen) atoms. The second-order valence-corrected chi connectivity index (χ2v) is 11.9. The first kappa shape index (κ1) is 36.7. The van der Waals surface area contributed by atoms with E-state index < -0.39 is 41.7 Å². The Morgan fingerprint density at radius 1 is 0.481 bits per heavy atom. The summed E-state index contributed by atoms with van der Waals surface area (Å²) in [5.74, 6) is -3.05. The van der Waals surface area contributed by atoms with Crippen LogP contribution in [0.2, 0.25) is 0 Å². The summed E-state index contributed by atoms with van der Waals surface area (Å²) < 4.78 is 32.8. The monoisotopic (exact) mass is 706 g/mol. The molecule has 5 rings (SSSR count). The third kappa shape index (κ3) is 8.96. The molecule has 0 N–H and O–H groups in total. The molecule has 4 aromatic carbocycles. The Kier molecular flexibility index (Phi) is 11.0. The van der Waals surface area contributed by atoms with Gasteiger partial charge in [0.2, 0.25) is 0 Å². The molecule has 4 aromatic rings. The van der Waals surface area contributed by atoms with Crippen LogP contribution in [0.15, 0.2) is 78.9 Å². The fraction of sp³-hybridized carbons (Fsp3) is 0.200. The number of hydrogen-bond donors (Lipinski definition) is 0. The van der Waals surface area contributed by atoms with Gasteiger partial charge in [-0.2, -0.15) is 0 Å². The molecule has 0 aromatic heterocycles. The van der Waals surface area contributed by atoms with Crippen molar-refractivity contribution in [1.82, 2.24) is 0 Å². The molecule has 1 aliphatic carbocycles. The second-order valence-electron chi connectivity index (χ2n) is 11.9. The van der Waals surface area contributed by atoms with Crippen LogP contribution in [0, 0.1) is 0 Å². The Hall–Kier alpha value is -6.56. The van der Waals surface area contributed by atoms with Crippen LogP contribution in [0.5, 0.6) is 34.5 Å². The smallest absolute Gasteiger partial charge is 0.308 e. The molecule has 0 aliphatic heterocycles. The van der Waals surface area contributed by atoms with Crippen LogP contribution in [0.3, 0.4) is 0 Å². The van der Waals surface area contributed by atoms with Gasteiger partial charge in [0.25, 0.3) is 0 Å². The minimum absolute atomic E-state index is 0.0968. The average molecular weight is 707 g/mol. The molecule has 0 unspecified atom stereocenters. The molecule has 0 fully saturated rings. The normalized spacial score (nSPS) is 13.1. The molecule has 0 saturated heterocycles. The highest BCUT2D eigenvalue weighted by molar-refractivity contribution is 6.03. The lowest BCUT2D eigenvalue weighted by Gasteiger charge is -2.22. The van der Waals surface area contributed by atoms with E-state index in [0.717, 1.165) is 5.56 Å². The Bertz CT molecular complexity index is 2090. The number of allylic oxidation sites excluding steroid dienone is 2. The van der Waals surface area contributed by atoms with Gasteiger partial charge in [-0.15, -0.1) is 0 Å². The molecule has 0 spiro atoms. The van der Waals surface area contributed by atoms with Crippen molar-refractivity contribution in [3.63, 3.8) is 0 Å². The molecule has 0 bridgehead atoms. The van der Waals surface area contributed by atoms with Crippen LogP contribution >= 0.6 is 0 Å². The SMILES string of the molecule is CC(=O)Oc1ccc(CC2=C(c3cc(OC(C)=O)cc(OC(C)=O)c3)[C@@H](c3ccc(OC(C)=O)cc3)c3c(OC(C)=O)cc(OC(C)=O)cc32)cc1. The number of esters is 6. The Morgan fingerprint density at radius 2 is 0.904 bits per heavy atom. The van der Waals surface area contributed by atoms with Crippen molar-refractivity contribution in [2.24, 2.45) is 0 Å². The van der Waals surface area contributed by atoms with Gasteiger partial charge in [-0.25, -0.2) is 0 Å². The Morgan fingerprint density at radius 3 is 1.37 bits per heavy atom. The van der Waals surface area contributed by atoms with Crippen molar-refractivity contribution in [2.75, 3.05) is 0 Å². The van der Waals surface area contributed by atoms with Crippen molar-refractivity contribution in [3.05, 3.63) is 107 Å². The highest BCUT2D eigenvalue weighted by atomic mass is 16.6. The zero-order valence-electron chi connectivity index (χ0n) is 29.2. The van der Waals surface area contributed by atoms with Crippen molar-refractivity contribution in [2.45, 2.75) is 53.9 Å². The lowest BCUT2D eigenvalue weighted by atomic mass is 9.84. The molecule has 1 atom stereocenters. The number of ether oxygens (including phenoxy) is 6. The minimum Gasteiger partial charge on any atom is -0.427 e. The van der Waals surface area contributed by atoms with E-state index in [-0.39, 0.29) is 29.4 Å². The van der Waals surface area contributed by atoms with E-state index in [0.29, 0.717) is 44.9 Å². The van der Waals surface area contributed by atoms with Crippen molar-refractivity contribution < 1.29 is 57.2 Å². The van der Waals surface area contributed by atoms with E-state index >= 15 is 0 Å². The van der Waals surface area contributed by atoms with E-state index in [9.17, 15) is 28.8 Å². The van der Waals surface area contributed by atoms with Crippen LogP contribution in [-0.2, 0) is 35.2 Å². The number of carbonyl (C=O) groups is 6. The van der Waals surface area contributed by atoms with E-state index in [1.165, 1.54) is 53.7 Å². The summed E-state index contributed by atoms with van der Waals surface area (Å²) in [5, 5.41) is 0. The first-order valence-corrected chi connectivity index (χ1v) is 16.0. The molecule has 0 heterocycles. The largest absolute Gasteiger partial charge is 0.427 e. The van der Waals surface area contributed by atoms with E-state index in [1.807, 2.05) is 0 Å². The molecule has 266 valence electrons. The summed E-state index contributed by atoms with van der Waals surface area (Å²) in [7, 11) is 0. The van der Waals surface area contributed by atoms with Gasteiger partial charge in [-0.1, -0.05) is 24.3 Å². The van der Waals surface area contributed by atoms with Crippen LogP contribution in [-0.4, -0.2) is 35.8 Å². The first-order chi connectivity index (χ1) is 24.7. The van der Waals surface area contributed by atoms with Crippen molar-refractivity contribution in [1.29, 1.82) is 0 Å². The van der Waals surface area contributed by atoms with Gasteiger partial charge >= 0.3 is 35.8 Å². The zero-order chi connectivity index (χ0) is 37.7. The molecular formula is C40H34O12. The molecule has 12 nitrogen and oxygen atoms in total. The third-order valence-electron chi connectivity index (χ3n) is 7.61. The van der Waals surface area contributed by atoms with E-state index in [1.54, 1.807) is 66.7 Å². The molecule has 1 aliphatic rings. The van der Waals surface area contributed by atoms with Crippen LogP contribution in [0.4, 0.5) is 0 Å². The predicted octanol–water partition coefficient (Wildman–Crippen LogP) is 6.54. The van der Waals surface area contributed by atoms with Crippen molar-refractivity contribution in [3.8, 4) is 34.5 Å². The van der Waals surface area contributed by atoms with Crippen LogP contribution < -0.4 is 28.4 Å². The maximum atomic E-state index is 12.5. The predicted molar refractivity (Wildman–Crippen MR) is 186 cm³/mol. The number of rotatable bonds is 10. The summed E-state index contributed by atoms with van der Waals surface area (Å²) in [4.78, 5) is 72.2. The Balaban J connectivity index is 1.86. The topological polar surface area (TPSA) is 158 Å². The van der Waals surface area contributed by atoms with Gasteiger partial charge in [0.15, 0.2) is 0 Å². The van der Waals surface area contributed by atoms with E-state index in [2.05, 4.69) is 0 Å². The lowest BCUT2D eigenvalue weighted by molar-refractivity contribution is -0.133. The van der Waals surface area contributed by atoms with Crippen LogP contribution in [0.1, 0.15) is 75.3 Å². The fourth-order valence-corrected chi connectivity index (χ4v) is 6.06. The summed E-state index contributed by atoms with van der Waals surface area (Å²) in [5.41, 5.74) is 4.36. The highest BCUT2D eigenvalue weighted by Gasteiger charge is 2.38. The van der Waals surface area contributed by atoms with Gasteiger partial charge in [0.1, 0.15) is 34.5 Å². The average Bonchev–Trinajstić information content (AvgIpc) is 3.34. The van der Waals surface area contributed by atoms with Gasteiger partial charge < -0.3 is 28.4 Å². The zero-order valence-corrected chi connectivity index (χ0v) is 29.2. The summed E-state index contributed by atoms with van der Waals surface area (Å²) in [6.45, 7) is 7.56. The summed E-state index contributed by atoms with van der Waals surface area (Å²) >= 11 is 0. The number of carbonyl (C=O) groups excluding carboxylic acids is 6. The molecule has 0 amide bonds. The van der Waals surface area contributed by atoms with E-state index in [4.69, 9.17) is 28.4 Å². The second kappa shape index (κ2) is 15.5. The van der Waals surface area contributed by atoms with Gasteiger partial charge in [0, 0.05) is 65.2 Å². The maximum Gasteiger partial charge on any atom is 0.308 e. The maximum absolute atomic E-state index is 12.5.